The van der Waals surface area contributed by atoms with Gasteiger partial charge in [-0.25, -0.2) is 4.39 Å². The molecule has 0 bridgehead atoms. The Labute approximate surface area is 77.8 Å². The number of hydrogen-bond acceptors (Lipinski definition) is 1. The van der Waals surface area contributed by atoms with Crippen molar-refractivity contribution in [3.63, 3.8) is 0 Å². The van der Waals surface area contributed by atoms with E-state index >= 15 is 0 Å². The maximum absolute atomic E-state index is 12.4. The van der Waals surface area contributed by atoms with Crippen molar-refractivity contribution in [1.29, 1.82) is 0 Å². The Morgan fingerprint density at radius 3 is 2.69 bits per heavy atom. The van der Waals surface area contributed by atoms with Crippen LogP contribution in [0.5, 0.6) is 0 Å². The zero-order valence-corrected chi connectivity index (χ0v) is 7.59. The molecule has 1 aliphatic carbocycles. The summed E-state index contributed by atoms with van der Waals surface area (Å²) < 4.78 is 12.4. The molecule has 2 N–H and O–H groups in total. The van der Waals surface area contributed by atoms with Crippen LogP contribution in [0.4, 0.5) is 4.39 Å². The summed E-state index contributed by atoms with van der Waals surface area (Å²) in [6.07, 6.45) is 2.48. The summed E-state index contributed by atoms with van der Waals surface area (Å²) in [6, 6.07) is 5.76. The lowest BCUT2D eigenvalue weighted by Crippen LogP contribution is -2.01. The van der Waals surface area contributed by atoms with Gasteiger partial charge >= 0.3 is 0 Å². The van der Waals surface area contributed by atoms with Crippen molar-refractivity contribution in [2.45, 2.75) is 32.0 Å². The number of nitrogens with two attached hydrogens (primary N) is 1. The van der Waals surface area contributed by atoms with Gasteiger partial charge in [0.05, 0.1) is 0 Å². The molecule has 1 aromatic carbocycles. The molecule has 0 radical (unpaired) electrons. The summed E-state index contributed by atoms with van der Waals surface area (Å²) in [4.78, 5) is 0. The monoisotopic (exact) mass is 179 g/mol. The van der Waals surface area contributed by atoms with E-state index in [2.05, 4.69) is 0 Å². The van der Waals surface area contributed by atoms with E-state index in [9.17, 15) is 4.39 Å². The van der Waals surface area contributed by atoms with Gasteiger partial charge in [-0.05, 0) is 35.4 Å². The lowest BCUT2D eigenvalue weighted by molar-refractivity contribution is 0.485. The van der Waals surface area contributed by atoms with E-state index in [4.69, 9.17) is 5.73 Å². The highest BCUT2D eigenvalue weighted by Crippen LogP contribution is 2.41. The summed E-state index contributed by atoms with van der Waals surface area (Å²) >= 11 is 0. The van der Waals surface area contributed by atoms with E-state index in [0.717, 1.165) is 5.56 Å². The predicted molar refractivity (Wildman–Crippen MR) is 51.1 cm³/mol. The summed E-state index contributed by atoms with van der Waals surface area (Å²) in [5, 5.41) is 0. The molecule has 1 fully saturated rings. The van der Waals surface area contributed by atoms with Crippen LogP contribution in [-0.2, 0) is 13.2 Å². The molecule has 0 saturated heterocycles. The third-order valence-electron chi connectivity index (χ3n) is 2.60. The Hall–Kier alpha value is -0.890. The van der Waals surface area contributed by atoms with E-state index in [-0.39, 0.29) is 6.67 Å². The molecule has 2 heteroatoms. The standard InChI is InChI=1S/C11H14FN/c12-6-8-1-2-10(7-13)11(5-8)9-3-4-9/h1-2,5,9H,3-4,6-7,13H2. The molecule has 1 aromatic rings. The van der Waals surface area contributed by atoms with Crippen LogP contribution in [0, 0.1) is 0 Å². The maximum Gasteiger partial charge on any atom is 0.115 e. The van der Waals surface area contributed by atoms with Gasteiger partial charge in [-0.3, -0.25) is 0 Å². The average Bonchev–Trinajstić information content (AvgIpc) is 3.00. The summed E-state index contributed by atoms with van der Waals surface area (Å²) in [5.41, 5.74) is 8.85. The van der Waals surface area contributed by atoms with Gasteiger partial charge in [-0.15, -0.1) is 0 Å². The van der Waals surface area contributed by atoms with Crippen LogP contribution in [-0.4, -0.2) is 0 Å². The minimum atomic E-state index is -0.370. The van der Waals surface area contributed by atoms with Gasteiger partial charge in [0, 0.05) is 6.54 Å². The first-order chi connectivity index (χ1) is 6.35. The van der Waals surface area contributed by atoms with Gasteiger partial charge in [0.15, 0.2) is 0 Å². The Morgan fingerprint density at radius 2 is 2.15 bits per heavy atom. The smallest absolute Gasteiger partial charge is 0.115 e. The Morgan fingerprint density at radius 1 is 1.38 bits per heavy atom. The van der Waals surface area contributed by atoms with E-state index in [1.807, 2.05) is 18.2 Å². The summed E-state index contributed by atoms with van der Waals surface area (Å²) in [6.45, 7) is 0.197. The van der Waals surface area contributed by atoms with Crippen molar-refractivity contribution in [3.8, 4) is 0 Å². The van der Waals surface area contributed by atoms with Gasteiger partial charge in [-0.2, -0.15) is 0 Å². The second kappa shape index (κ2) is 3.46. The van der Waals surface area contributed by atoms with Crippen LogP contribution >= 0.6 is 0 Å². The van der Waals surface area contributed by atoms with E-state index in [1.54, 1.807) is 0 Å². The van der Waals surface area contributed by atoms with Crippen LogP contribution in [0.2, 0.25) is 0 Å². The summed E-state index contributed by atoms with van der Waals surface area (Å²) in [7, 11) is 0. The van der Waals surface area contributed by atoms with Gasteiger partial charge in [0.1, 0.15) is 6.67 Å². The molecular weight excluding hydrogens is 165 g/mol. The average molecular weight is 179 g/mol. The summed E-state index contributed by atoms with van der Waals surface area (Å²) in [5.74, 6) is 0.657. The number of hydrogen-bond donors (Lipinski definition) is 1. The third kappa shape index (κ3) is 1.73. The number of alkyl halides is 1. The first-order valence-corrected chi connectivity index (χ1v) is 4.73. The molecule has 70 valence electrons. The van der Waals surface area contributed by atoms with Crippen molar-refractivity contribution in [1.82, 2.24) is 0 Å². The van der Waals surface area contributed by atoms with Gasteiger partial charge in [0.2, 0.25) is 0 Å². The molecule has 1 nitrogen and oxygen atoms in total. The highest BCUT2D eigenvalue weighted by Gasteiger charge is 2.25. The number of rotatable bonds is 3. The molecule has 1 aliphatic rings. The molecular formula is C11H14FN. The van der Waals surface area contributed by atoms with Crippen LogP contribution in [0.25, 0.3) is 0 Å². The molecule has 0 unspecified atom stereocenters. The quantitative estimate of drug-likeness (QED) is 0.758. The van der Waals surface area contributed by atoms with Crippen molar-refractivity contribution in [2.24, 2.45) is 5.73 Å². The molecule has 2 rings (SSSR count). The van der Waals surface area contributed by atoms with Crippen molar-refractivity contribution >= 4 is 0 Å². The maximum atomic E-state index is 12.4. The van der Waals surface area contributed by atoms with Crippen LogP contribution < -0.4 is 5.73 Å². The first-order valence-electron chi connectivity index (χ1n) is 4.73. The topological polar surface area (TPSA) is 26.0 Å². The zero-order chi connectivity index (χ0) is 9.26. The number of halogens is 1. The second-order valence-corrected chi connectivity index (χ2v) is 3.65. The van der Waals surface area contributed by atoms with Crippen molar-refractivity contribution in [3.05, 3.63) is 34.9 Å². The Kier molecular flexibility index (Phi) is 2.32. The molecule has 0 heterocycles. The predicted octanol–water partition coefficient (Wildman–Crippen LogP) is 2.49. The highest BCUT2D eigenvalue weighted by molar-refractivity contribution is 5.36. The van der Waals surface area contributed by atoms with Crippen molar-refractivity contribution in [2.75, 3.05) is 0 Å². The van der Waals surface area contributed by atoms with Crippen LogP contribution in [0.3, 0.4) is 0 Å². The van der Waals surface area contributed by atoms with Gasteiger partial charge in [-0.1, -0.05) is 18.2 Å². The Balaban J connectivity index is 2.35. The fourth-order valence-electron chi connectivity index (χ4n) is 1.69. The van der Waals surface area contributed by atoms with Gasteiger partial charge in [0.25, 0.3) is 0 Å². The van der Waals surface area contributed by atoms with E-state index in [0.29, 0.717) is 12.5 Å². The molecule has 0 amide bonds. The lowest BCUT2D eigenvalue weighted by Gasteiger charge is -2.07. The Bertz CT molecular complexity index is 305. The molecule has 0 spiro atoms. The highest BCUT2D eigenvalue weighted by atomic mass is 19.1. The van der Waals surface area contributed by atoms with E-state index < -0.39 is 0 Å². The minimum absolute atomic E-state index is 0.370. The van der Waals surface area contributed by atoms with E-state index in [1.165, 1.54) is 24.0 Å². The largest absolute Gasteiger partial charge is 0.326 e. The molecule has 13 heavy (non-hydrogen) atoms. The minimum Gasteiger partial charge on any atom is -0.326 e. The van der Waals surface area contributed by atoms with Gasteiger partial charge < -0.3 is 5.73 Å². The van der Waals surface area contributed by atoms with Crippen LogP contribution in [0.1, 0.15) is 35.4 Å². The first kappa shape index (κ1) is 8.70. The third-order valence-corrected chi connectivity index (χ3v) is 2.60. The van der Waals surface area contributed by atoms with Crippen LogP contribution in [0.15, 0.2) is 18.2 Å². The lowest BCUT2D eigenvalue weighted by atomic mass is 10.0. The fourth-order valence-corrected chi connectivity index (χ4v) is 1.69. The molecule has 0 atom stereocenters. The second-order valence-electron chi connectivity index (χ2n) is 3.65. The zero-order valence-electron chi connectivity index (χ0n) is 7.59. The normalized spacial score (nSPS) is 16.2. The fraction of sp³-hybridized carbons (Fsp3) is 0.455. The number of benzene rings is 1. The molecule has 0 aromatic heterocycles. The molecule has 0 aliphatic heterocycles. The molecule has 1 saturated carbocycles. The van der Waals surface area contributed by atoms with Crippen molar-refractivity contribution < 1.29 is 4.39 Å². The SMILES string of the molecule is NCc1ccc(CF)cc1C1CC1.